The third kappa shape index (κ3) is 1.93. The van der Waals surface area contributed by atoms with Crippen molar-refractivity contribution in [2.75, 3.05) is 7.11 Å². The van der Waals surface area contributed by atoms with E-state index < -0.39 is 0 Å². The molecule has 1 heterocycles. The van der Waals surface area contributed by atoms with Gasteiger partial charge < -0.3 is 9.30 Å². The van der Waals surface area contributed by atoms with Crippen LogP contribution in [0.1, 0.15) is 16.1 Å². The van der Waals surface area contributed by atoms with Crippen LogP contribution in [-0.2, 0) is 7.05 Å². The van der Waals surface area contributed by atoms with Crippen LogP contribution in [0, 0.1) is 6.92 Å². The molecule has 0 saturated carbocycles. The maximum absolute atomic E-state index is 11.0. The Morgan fingerprint density at radius 2 is 2.18 bits per heavy atom. The zero-order valence-corrected chi connectivity index (χ0v) is 10.1. The monoisotopic (exact) mass is 230 g/mol. The van der Waals surface area contributed by atoms with E-state index >= 15 is 0 Å². The first-order valence-corrected chi connectivity index (χ1v) is 5.29. The van der Waals surface area contributed by atoms with Crippen LogP contribution in [0.5, 0.6) is 5.75 Å². The molecule has 0 saturated heterocycles. The largest absolute Gasteiger partial charge is 0.496 e. The lowest BCUT2D eigenvalue weighted by Gasteiger charge is -2.06. The third-order valence-corrected chi connectivity index (χ3v) is 2.76. The van der Waals surface area contributed by atoms with E-state index in [1.165, 1.54) is 0 Å². The minimum atomic E-state index is 0.578. The average molecular weight is 230 g/mol. The van der Waals surface area contributed by atoms with Crippen molar-refractivity contribution in [2.24, 2.45) is 7.05 Å². The van der Waals surface area contributed by atoms with E-state index in [-0.39, 0.29) is 0 Å². The summed E-state index contributed by atoms with van der Waals surface area (Å²) >= 11 is 0. The second kappa shape index (κ2) is 4.41. The van der Waals surface area contributed by atoms with E-state index in [2.05, 4.69) is 4.98 Å². The number of aryl methyl sites for hydroxylation is 2. The van der Waals surface area contributed by atoms with Crippen LogP contribution in [0.25, 0.3) is 11.3 Å². The molecule has 2 rings (SSSR count). The van der Waals surface area contributed by atoms with Crippen LogP contribution in [0.2, 0.25) is 0 Å². The van der Waals surface area contributed by atoms with E-state index in [9.17, 15) is 4.79 Å². The number of benzene rings is 1. The second-order valence-corrected chi connectivity index (χ2v) is 3.89. The molecule has 0 aliphatic carbocycles. The van der Waals surface area contributed by atoms with Crippen LogP contribution in [-0.4, -0.2) is 22.9 Å². The lowest BCUT2D eigenvalue weighted by molar-refractivity contribution is 0.111. The number of aromatic nitrogens is 2. The van der Waals surface area contributed by atoms with Crippen LogP contribution >= 0.6 is 0 Å². The van der Waals surface area contributed by atoms with Crippen LogP contribution in [0.3, 0.4) is 0 Å². The number of imidazole rings is 1. The number of nitrogens with zero attached hydrogens (tertiary/aromatic N) is 2. The summed E-state index contributed by atoms with van der Waals surface area (Å²) in [5.41, 5.74) is 3.22. The van der Waals surface area contributed by atoms with E-state index in [1.54, 1.807) is 25.1 Å². The number of rotatable bonds is 3. The van der Waals surface area contributed by atoms with Crippen molar-refractivity contribution >= 4 is 6.29 Å². The maximum Gasteiger partial charge on any atom is 0.168 e. The Hall–Kier alpha value is -2.10. The highest BCUT2D eigenvalue weighted by Crippen LogP contribution is 2.26. The molecule has 4 heteroatoms. The summed E-state index contributed by atoms with van der Waals surface area (Å²) in [5.74, 6) is 0.831. The lowest BCUT2D eigenvalue weighted by Crippen LogP contribution is -1.95. The number of hydrogen-bond acceptors (Lipinski definition) is 3. The van der Waals surface area contributed by atoms with Crippen LogP contribution < -0.4 is 4.74 Å². The Labute approximate surface area is 99.9 Å². The summed E-state index contributed by atoms with van der Waals surface area (Å²) < 4.78 is 6.91. The van der Waals surface area contributed by atoms with Crippen LogP contribution in [0.4, 0.5) is 0 Å². The Morgan fingerprint density at radius 3 is 2.76 bits per heavy atom. The summed E-state index contributed by atoms with van der Waals surface area (Å²) in [5, 5.41) is 0. The van der Waals surface area contributed by atoms with E-state index in [0.717, 1.165) is 23.2 Å². The molecule has 0 N–H and O–H groups in total. The molecule has 0 amide bonds. The Kier molecular flexibility index (Phi) is 2.95. The highest BCUT2D eigenvalue weighted by molar-refractivity contribution is 5.84. The first-order chi connectivity index (χ1) is 8.17. The number of ether oxygens (including phenoxy) is 1. The van der Waals surface area contributed by atoms with Crippen molar-refractivity contribution in [3.63, 3.8) is 0 Å². The highest BCUT2D eigenvalue weighted by atomic mass is 16.5. The first-order valence-electron chi connectivity index (χ1n) is 5.29. The van der Waals surface area contributed by atoms with Gasteiger partial charge in [-0.05, 0) is 30.7 Å². The molecule has 17 heavy (non-hydrogen) atoms. The molecule has 4 nitrogen and oxygen atoms in total. The lowest BCUT2D eigenvalue weighted by atomic mass is 10.1. The van der Waals surface area contributed by atoms with Gasteiger partial charge >= 0.3 is 0 Å². The maximum atomic E-state index is 11.0. The standard InChI is InChI=1S/C13H14N2O2/c1-9-6-10(4-5-12(9)17-3)13-11(7-16)15(2)8-14-13/h4-8H,1-3H3. The van der Waals surface area contributed by atoms with E-state index in [1.807, 2.05) is 25.1 Å². The summed E-state index contributed by atoms with van der Waals surface area (Å²) in [6.45, 7) is 1.96. The Morgan fingerprint density at radius 1 is 1.41 bits per heavy atom. The van der Waals surface area contributed by atoms with E-state index in [4.69, 9.17) is 4.74 Å². The second-order valence-electron chi connectivity index (χ2n) is 3.89. The summed E-state index contributed by atoms with van der Waals surface area (Å²) in [6, 6.07) is 5.75. The number of aldehydes is 1. The number of methoxy groups -OCH3 is 1. The molecule has 1 aromatic heterocycles. The van der Waals surface area contributed by atoms with Gasteiger partial charge in [0, 0.05) is 12.6 Å². The number of carbonyl (C=O) groups is 1. The molecule has 2 aromatic rings. The zero-order chi connectivity index (χ0) is 12.4. The average Bonchev–Trinajstić information content (AvgIpc) is 2.70. The molecule has 0 unspecified atom stereocenters. The van der Waals surface area contributed by atoms with Crippen molar-refractivity contribution in [3.8, 4) is 17.0 Å². The fourth-order valence-electron chi connectivity index (χ4n) is 1.83. The van der Waals surface area contributed by atoms with Gasteiger partial charge in [-0.3, -0.25) is 4.79 Å². The third-order valence-electron chi connectivity index (χ3n) is 2.76. The summed E-state index contributed by atoms with van der Waals surface area (Å²) in [7, 11) is 3.44. The van der Waals surface area contributed by atoms with Gasteiger partial charge in [-0.25, -0.2) is 4.98 Å². The first kappa shape index (κ1) is 11.4. The normalized spacial score (nSPS) is 10.3. The van der Waals surface area contributed by atoms with Gasteiger partial charge in [0.1, 0.15) is 11.4 Å². The van der Waals surface area contributed by atoms with Gasteiger partial charge in [0.05, 0.1) is 19.1 Å². The van der Waals surface area contributed by atoms with E-state index in [0.29, 0.717) is 11.4 Å². The Balaban J connectivity index is 2.53. The minimum absolute atomic E-state index is 0.578. The molecular weight excluding hydrogens is 216 g/mol. The van der Waals surface area contributed by atoms with Crippen molar-refractivity contribution in [1.29, 1.82) is 0 Å². The molecule has 0 radical (unpaired) electrons. The molecule has 0 atom stereocenters. The Bertz CT molecular complexity index is 559. The van der Waals surface area contributed by atoms with Gasteiger partial charge in [0.2, 0.25) is 0 Å². The smallest absolute Gasteiger partial charge is 0.168 e. The van der Waals surface area contributed by atoms with Gasteiger partial charge in [-0.15, -0.1) is 0 Å². The van der Waals surface area contributed by atoms with Crippen molar-refractivity contribution in [3.05, 3.63) is 35.8 Å². The topological polar surface area (TPSA) is 44.1 Å². The molecular formula is C13H14N2O2. The predicted octanol–water partition coefficient (Wildman–Crippen LogP) is 2.22. The van der Waals surface area contributed by atoms with Crippen molar-refractivity contribution < 1.29 is 9.53 Å². The minimum Gasteiger partial charge on any atom is -0.496 e. The van der Waals surface area contributed by atoms with Crippen molar-refractivity contribution in [2.45, 2.75) is 6.92 Å². The number of hydrogen-bond donors (Lipinski definition) is 0. The number of carbonyl (C=O) groups excluding carboxylic acids is 1. The fourth-order valence-corrected chi connectivity index (χ4v) is 1.83. The predicted molar refractivity (Wildman–Crippen MR) is 65.3 cm³/mol. The molecule has 88 valence electrons. The highest BCUT2D eigenvalue weighted by Gasteiger charge is 2.11. The zero-order valence-electron chi connectivity index (χ0n) is 10.1. The fraction of sp³-hybridized carbons (Fsp3) is 0.231. The molecule has 0 aliphatic rings. The molecule has 0 aliphatic heterocycles. The summed E-state index contributed by atoms with van der Waals surface area (Å²) in [4.78, 5) is 15.2. The van der Waals surface area contributed by atoms with Gasteiger partial charge in [0.15, 0.2) is 6.29 Å². The quantitative estimate of drug-likeness (QED) is 0.759. The van der Waals surface area contributed by atoms with Gasteiger partial charge in [-0.1, -0.05) is 0 Å². The summed E-state index contributed by atoms with van der Waals surface area (Å²) in [6.07, 6.45) is 2.46. The molecule has 1 aromatic carbocycles. The van der Waals surface area contributed by atoms with Crippen molar-refractivity contribution in [1.82, 2.24) is 9.55 Å². The van der Waals surface area contributed by atoms with Gasteiger partial charge in [0.25, 0.3) is 0 Å². The molecule has 0 spiro atoms. The van der Waals surface area contributed by atoms with Gasteiger partial charge in [-0.2, -0.15) is 0 Å². The molecule has 0 fully saturated rings. The van der Waals surface area contributed by atoms with Crippen LogP contribution in [0.15, 0.2) is 24.5 Å². The molecule has 0 bridgehead atoms. The SMILES string of the molecule is COc1ccc(-c2ncn(C)c2C=O)cc1C.